The first-order valence-electron chi connectivity index (χ1n) is 13.4. The summed E-state index contributed by atoms with van der Waals surface area (Å²) in [5, 5.41) is 2.60. The van der Waals surface area contributed by atoms with Crippen molar-refractivity contribution in [2.45, 2.75) is 57.5 Å². The number of methoxy groups -OCH3 is 3. The maximum atomic E-state index is 13.9. The molecule has 218 valence electrons. The molecule has 0 aromatic rings. The minimum absolute atomic E-state index is 0.0407. The molecular formula is C29H33N3O9. The average molecular weight is 568 g/mol. The molecule has 0 aromatic carbocycles. The molecule has 1 saturated heterocycles. The maximum absolute atomic E-state index is 13.9. The molecule has 12 nitrogen and oxygen atoms in total. The van der Waals surface area contributed by atoms with Gasteiger partial charge in [-0.05, 0) is 27.3 Å². The lowest BCUT2D eigenvalue weighted by molar-refractivity contribution is -0.137. The van der Waals surface area contributed by atoms with E-state index in [2.05, 4.69) is 5.32 Å². The lowest BCUT2D eigenvalue weighted by Crippen LogP contribution is -2.74. The predicted octanol–water partition coefficient (Wildman–Crippen LogP) is -0.417. The SMILES string of the molecule is COC1=C(C)C(=O)C2=C(C1=O)[C@@H]1[C@@H]3CC4=C(C(=O)C(OC)=C(C)C4=O)[C@H](CNC(=O)C(C)=O)N3C[C@H]([C@H]2OC)N1C. The van der Waals surface area contributed by atoms with Crippen LogP contribution in [0.25, 0.3) is 0 Å². The smallest absolute Gasteiger partial charge is 0.287 e. The van der Waals surface area contributed by atoms with Gasteiger partial charge in [0.1, 0.15) is 6.10 Å². The van der Waals surface area contributed by atoms with E-state index in [1.807, 2.05) is 16.8 Å². The highest BCUT2D eigenvalue weighted by molar-refractivity contribution is 6.35. The van der Waals surface area contributed by atoms with Crippen molar-refractivity contribution < 1.29 is 43.0 Å². The molecule has 12 heteroatoms. The van der Waals surface area contributed by atoms with Crippen LogP contribution in [0.5, 0.6) is 0 Å². The van der Waals surface area contributed by atoms with Crippen LogP contribution in [-0.4, -0.2) is 116 Å². The highest BCUT2D eigenvalue weighted by Crippen LogP contribution is 2.47. The quantitative estimate of drug-likeness (QED) is 0.330. The number of fused-ring (bicyclic) bond motifs is 5. The number of carbonyl (C=O) groups excluding carboxylic acids is 6. The van der Waals surface area contributed by atoms with Crippen molar-refractivity contribution in [3.05, 3.63) is 45.0 Å². The van der Waals surface area contributed by atoms with E-state index in [1.54, 1.807) is 6.92 Å². The Morgan fingerprint density at radius 2 is 1.44 bits per heavy atom. The molecule has 2 aliphatic carbocycles. The van der Waals surface area contributed by atoms with E-state index >= 15 is 0 Å². The Morgan fingerprint density at radius 1 is 0.854 bits per heavy atom. The average Bonchev–Trinajstić information content (AvgIpc) is 2.93. The Labute approximate surface area is 237 Å². The molecule has 1 amide bonds. The highest BCUT2D eigenvalue weighted by atomic mass is 16.5. The molecule has 5 atom stereocenters. The first-order chi connectivity index (χ1) is 19.4. The van der Waals surface area contributed by atoms with Gasteiger partial charge in [0.2, 0.25) is 17.3 Å². The van der Waals surface area contributed by atoms with Gasteiger partial charge in [-0.15, -0.1) is 0 Å². The van der Waals surface area contributed by atoms with E-state index in [9.17, 15) is 28.8 Å². The summed E-state index contributed by atoms with van der Waals surface area (Å²) in [5.74, 6) is -3.20. The van der Waals surface area contributed by atoms with Gasteiger partial charge in [-0.2, -0.15) is 0 Å². The van der Waals surface area contributed by atoms with Crippen LogP contribution in [0, 0.1) is 0 Å². The molecule has 2 bridgehead atoms. The fourth-order valence-corrected chi connectivity index (χ4v) is 7.15. The third kappa shape index (κ3) is 3.99. The van der Waals surface area contributed by atoms with Gasteiger partial charge in [-0.1, -0.05) is 0 Å². The molecule has 0 spiro atoms. The van der Waals surface area contributed by atoms with Crippen LogP contribution in [0.15, 0.2) is 45.0 Å². The molecule has 0 saturated carbocycles. The van der Waals surface area contributed by atoms with Crippen molar-refractivity contribution in [3.63, 3.8) is 0 Å². The lowest BCUT2D eigenvalue weighted by atomic mass is 9.68. The molecule has 3 aliphatic heterocycles. The molecule has 1 N–H and O–H groups in total. The fraction of sp³-hybridized carbons (Fsp3) is 0.517. The highest BCUT2D eigenvalue weighted by Gasteiger charge is 2.59. The first kappa shape index (κ1) is 28.8. The summed E-state index contributed by atoms with van der Waals surface area (Å²) in [6.07, 6.45) is -0.645. The minimum atomic E-state index is -0.824. The van der Waals surface area contributed by atoms with Crippen LogP contribution in [0.3, 0.4) is 0 Å². The van der Waals surface area contributed by atoms with Crippen molar-refractivity contribution in [1.82, 2.24) is 15.1 Å². The molecule has 3 heterocycles. The zero-order valence-electron chi connectivity index (χ0n) is 24.1. The number of Topliss-reactive ketones (excluding diaryl/α,β-unsaturated/α-hetero) is 5. The van der Waals surface area contributed by atoms with E-state index in [4.69, 9.17) is 14.2 Å². The summed E-state index contributed by atoms with van der Waals surface area (Å²) >= 11 is 0. The molecule has 0 radical (unpaired) electrons. The second-order valence-corrected chi connectivity index (χ2v) is 10.9. The van der Waals surface area contributed by atoms with E-state index in [0.717, 1.165) is 6.92 Å². The molecule has 41 heavy (non-hydrogen) atoms. The van der Waals surface area contributed by atoms with Crippen LogP contribution >= 0.6 is 0 Å². The van der Waals surface area contributed by atoms with Crippen molar-refractivity contribution in [1.29, 1.82) is 0 Å². The van der Waals surface area contributed by atoms with Crippen molar-refractivity contribution in [2.24, 2.45) is 0 Å². The first-order valence-corrected chi connectivity index (χ1v) is 13.4. The summed E-state index contributed by atoms with van der Waals surface area (Å²) in [6.45, 7) is 4.37. The van der Waals surface area contributed by atoms with Crippen LogP contribution in [-0.2, 0) is 43.0 Å². The van der Waals surface area contributed by atoms with Gasteiger partial charge in [-0.25, -0.2) is 0 Å². The van der Waals surface area contributed by atoms with Crippen LogP contribution < -0.4 is 5.32 Å². The number of hydrogen-bond acceptors (Lipinski definition) is 11. The summed E-state index contributed by atoms with van der Waals surface area (Å²) in [4.78, 5) is 82.9. The summed E-state index contributed by atoms with van der Waals surface area (Å²) in [6, 6.07) is -2.40. The summed E-state index contributed by atoms with van der Waals surface area (Å²) in [5.41, 5.74) is 1.37. The number of nitrogens with zero attached hydrogens (tertiary/aromatic N) is 2. The van der Waals surface area contributed by atoms with Gasteiger partial charge in [0, 0.05) is 66.6 Å². The normalized spacial score (nSPS) is 30.4. The van der Waals surface area contributed by atoms with Gasteiger partial charge in [0.05, 0.1) is 32.3 Å². The largest absolute Gasteiger partial charge is 0.492 e. The number of allylic oxidation sites excluding steroid dienone is 4. The Balaban J connectivity index is 1.69. The number of hydrogen-bond donors (Lipinski definition) is 1. The summed E-state index contributed by atoms with van der Waals surface area (Å²) < 4.78 is 16.5. The molecule has 0 unspecified atom stereocenters. The Morgan fingerprint density at radius 3 is 2.00 bits per heavy atom. The number of likely N-dealkylation sites (N-methyl/N-ethyl adjacent to an activating group) is 1. The van der Waals surface area contributed by atoms with Gasteiger partial charge in [0.25, 0.3) is 5.91 Å². The van der Waals surface area contributed by atoms with Gasteiger partial charge >= 0.3 is 0 Å². The molecule has 1 fully saturated rings. The Hall–Kier alpha value is -3.74. The van der Waals surface area contributed by atoms with Crippen molar-refractivity contribution >= 4 is 34.8 Å². The third-order valence-corrected chi connectivity index (χ3v) is 9.06. The maximum Gasteiger partial charge on any atom is 0.287 e. The van der Waals surface area contributed by atoms with Crippen LogP contribution in [0.1, 0.15) is 27.2 Å². The van der Waals surface area contributed by atoms with Gasteiger partial charge < -0.3 is 19.5 Å². The van der Waals surface area contributed by atoms with E-state index < -0.39 is 53.5 Å². The Bertz CT molecular complexity index is 1450. The third-order valence-electron chi connectivity index (χ3n) is 9.06. The monoisotopic (exact) mass is 567 g/mol. The number of ether oxygens (including phenoxy) is 3. The van der Waals surface area contributed by atoms with Crippen LogP contribution in [0.4, 0.5) is 0 Å². The van der Waals surface area contributed by atoms with Crippen molar-refractivity contribution in [3.8, 4) is 0 Å². The van der Waals surface area contributed by atoms with E-state index in [0.29, 0.717) is 0 Å². The van der Waals surface area contributed by atoms with E-state index in [1.165, 1.54) is 28.3 Å². The second kappa shape index (κ2) is 10.3. The molecule has 0 aromatic heterocycles. The number of rotatable bonds is 6. The number of ketones is 5. The number of nitrogens with one attached hydrogen (secondary N) is 1. The van der Waals surface area contributed by atoms with Crippen LogP contribution in [0.2, 0.25) is 0 Å². The minimum Gasteiger partial charge on any atom is -0.492 e. The topological polar surface area (TPSA) is 149 Å². The summed E-state index contributed by atoms with van der Waals surface area (Å²) in [7, 11) is 5.98. The Kier molecular flexibility index (Phi) is 7.21. The van der Waals surface area contributed by atoms with Gasteiger partial charge in [-0.3, -0.25) is 38.6 Å². The molecule has 5 aliphatic rings. The fourth-order valence-electron chi connectivity index (χ4n) is 7.15. The lowest BCUT2D eigenvalue weighted by Gasteiger charge is -2.59. The number of piperazine rings is 1. The zero-order valence-corrected chi connectivity index (χ0v) is 24.1. The number of carbonyl (C=O) groups is 6. The second-order valence-electron chi connectivity index (χ2n) is 10.9. The van der Waals surface area contributed by atoms with Gasteiger partial charge in [0.15, 0.2) is 23.1 Å². The predicted molar refractivity (Wildman–Crippen MR) is 142 cm³/mol. The standard InChI is InChI=1S/C29H33N3O9/c1-11-22(34)14-8-15-21-19-20(23(35)12(2)27(40-6)25(19)37)28(41-7)17(31(21)4)10-32(15)16(9-30-29(38)13(3)33)18(14)24(36)26(11)39-5/h15-17,21,28H,8-10H2,1-7H3,(H,30,38)/t15-,16-,17+,21-,28+/m0/s1. The molecule has 5 rings (SSSR count). The number of amides is 1. The van der Waals surface area contributed by atoms with Crippen molar-refractivity contribution in [2.75, 3.05) is 41.5 Å². The molecular weight excluding hydrogens is 534 g/mol. The zero-order chi connectivity index (χ0) is 30.1. The van der Waals surface area contributed by atoms with E-state index in [-0.39, 0.29) is 76.0 Å².